The Bertz CT molecular complexity index is 814. The lowest BCUT2D eigenvalue weighted by atomic mass is 10.1. The number of benzene rings is 2. The number of ether oxygens (including phenoxy) is 1. The Balaban J connectivity index is 1.34. The van der Waals surface area contributed by atoms with Crippen molar-refractivity contribution in [2.45, 2.75) is 31.7 Å². The van der Waals surface area contributed by atoms with Crippen molar-refractivity contribution in [3.05, 3.63) is 65.7 Å². The maximum Gasteiger partial charge on any atom is 0.254 e. The van der Waals surface area contributed by atoms with Crippen molar-refractivity contribution in [3.8, 4) is 5.75 Å². The number of nitrogens with zero attached hydrogens (tertiary/aromatic N) is 2. The van der Waals surface area contributed by atoms with E-state index in [1.165, 1.54) is 0 Å². The van der Waals surface area contributed by atoms with Gasteiger partial charge >= 0.3 is 0 Å². The summed E-state index contributed by atoms with van der Waals surface area (Å²) in [6, 6.07) is 16.8. The molecule has 0 bridgehead atoms. The summed E-state index contributed by atoms with van der Waals surface area (Å²) in [5.41, 5.74) is 1.43. The van der Waals surface area contributed by atoms with E-state index in [9.17, 15) is 9.59 Å². The average molecular weight is 378 g/mol. The molecule has 2 aromatic rings. The van der Waals surface area contributed by atoms with E-state index < -0.39 is 0 Å². The molecular weight excluding hydrogens is 352 g/mol. The van der Waals surface area contributed by atoms with Gasteiger partial charge in [0, 0.05) is 30.8 Å². The Labute approximate surface area is 165 Å². The highest BCUT2D eigenvalue weighted by atomic mass is 16.5. The quantitative estimate of drug-likeness (QED) is 0.799. The van der Waals surface area contributed by atoms with Crippen LogP contribution in [-0.4, -0.2) is 53.9 Å². The summed E-state index contributed by atoms with van der Waals surface area (Å²) in [6.07, 6.45) is 4.12. The van der Waals surface area contributed by atoms with Gasteiger partial charge in [0.15, 0.2) is 0 Å². The van der Waals surface area contributed by atoms with E-state index in [4.69, 9.17) is 4.74 Å². The van der Waals surface area contributed by atoms with Gasteiger partial charge in [-0.3, -0.25) is 9.59 Å². The predicted molar refractivity (Wildman–Crippen MR) is 108 cm³/mol. The molecule has 4 rings (SSSR count). The Morgan fingerprint density at radius 2 is 1.50 bits per heavy atom. The molecule has 146 valence electrons. The smallest absolute Gasteiger partial charge is 0.254 e. The first kappa shape index (κ1) is 18.5. The zero-order valence-corrected chi connectivity index (χ0v) is 16.0. The standard InChI is InChI=1S/C23H26N2O3/c26-22(24-14-4-5-15-24)19-10-12-21(13-11-19)28-17-20-9-6-16-25(20)23(27)18-7-2-1-3-8-18/h1-3,7-8,10-13,20H,4-6,9,14-17H2. The minimum atomic E-state index is 0.0678. The van der Waals surface area contributed by atoms with Gasteiger partial charge in [0.2, 0.25) is 0 Å². The summed E-state index contributed by atoms with van der Waals surface area (Å²) in [7, 11) is 0. The molecule has 2 heterocycles. The van der Waals surface area contributed by atoms with Gasteiger partial charge in [0.25, 0.3) is 11.8 Å². The van der Waals surface area contributed by atoms with Crippen LogP contribution in [0.1, 0.15) is 46.4 Å². The maximum atomic E-state index is 12.7. The Morgan fingerprint density at radius 3 is 2.21 bits per heavy atom. The summed E-state index contributed by atoms with van der Waals surface area (Å²) in [6.45, 7) is 2.94. The van der Waals surface area contributed by atoms with Gasteiger partial charge in [0.05, 0.1) is 6.04 Å². The van der Waals surface area contributed by atoms with Crippen molar-refractivity contribution in [2.24, 2.45) is 0 Å². The molecule has 5 heteroatoms. The normalized spacial score (nSPS) is 19.1. The Kier molecular flexibility index (Phi) is 5.60. The summed E-state index contributed by atoms with van der Waals surface area (Å²) in [5.74, 6) is 0.898. The highest BCUT2D eigenvalue weighted by Crippen LogP contribution is 2.22. The van der Waals surface area contributed by atoms with Crippen molar-refractivity contribution in [1.29, 1.82) is 0 Å². The van der Waals surface area contributed by atoms with E-state index in [0.717, 1.165) is 56.6 Å². The minimum absolute atomic E-state index is 0.0678. The van der Waals surface area contributed by atoms with E-state index in [2.05, 4.69) is 0 Å². The predicted octanol–water partition coefficient (Wildman–Crippen LogP) is 3.61. The number of carbonyl (C=O) groups excluding carboxylic acids is 2. The highest BCUT2D eigenvalue weighted by molar-refractivity contribution is 5.95. The van der Waals surface area contributed by atoms with Crippen LogP contribution in [0.3, 0.4) is 0 Å². The number of hydrogen-bond acceptors (Lipinski definition) is 3. The third-order valence-corrected chi connectivity index (χ3v) is 5.60. The molecule has 5 nitrogen and oxygen atoms in total. The molecular formula is C23H26N2O3. The Morgan fingerprint density at radius 1 is 0.821 bits per heavy atom. The van der Waals surface area contributed by atoms with Gasteiger partial charge in [-0.15, -0.1) is 0 Å². The van der Waals surface area contributed by atoms with Gasteiger partial charge in [-0.25, -0.2) is 0 Å². The number of amides is 2. The topological polar surface area (TPSA) is 49.9 Å². The summed E-state index contributed by atoms with van der Waals surface area (Å²) in [5, 5.41) is 0. The van der Waals surface area contributed by atoms with E-state index in [-0.39, 0.29) is 17.9 Å². The van der Waals surface area contributed by atoms with Crippen molar-refractivity contribution in [3.63, 3.8) is 0 Å². The SMILES string of the molecule is O=C(c1ccc(OCC2CCCN2C(=O)c2ccccc2)cc1)N1CCCC1. The molecule has 2 saturated heterocycles. The van der Waals surface area contributed by atoms with Crippen LogP contribution in [0.5, 0.6) is 5.75 Å². The largest absolute Gasteiger partial charge is 0.491 e. The van der Waals surface area contributed by atoms with E-state index in [1.807, 2.05) is 64.4 Å². The molecule has 0 saturated carbocycles. The molecule has 2 fully saturated rings. The van der Waals surface area contributed by atoms with Gasteiger partial charge in [-0.05, 0) is 62.1 Å². The lowest BCUT2D eigenvalue weighted by Crippen LogP contribution is -2.39. The fourth-order valence-electron chi connectivity index (χ4n) is 4.01. The van der Waals surface area contributed by atoms with Crippen LogP contribution < -0.4 is 4.74 Å². The fraction of sp³-hybridized carbons (Fsp3) is 0.391. The van der Waals surface area contributed by atoms with Crippen molar-refractivity contribution >= 4 is 11.8 Å². The summed E-state index contributed by atoms with van der Waals surface area (Å²) >= 11 is 0. The lowest BCUT2D eigenvalue weighted by Gasteiger charge is -2.25. The number of carbonyl (C=O) groups is 2. The zero-order valence-electron chi connectivity index (χ0n) is 16.0. The van der Waals surface area contributed by atoms with Crippen LogP contribution in [0, 0.1) is 0 Å². The van der Waals surface area contributed by atoms with Crippen LogP contribution in [0.2, 0.25) is 0 Å². The zero-order chi connectivity index (χ0) is 19.3. The van der Waals surface area contributed by atoms with Crippen molar-refractivity contribution < 1.29 is 14.3 Å². The molecule has 2 aliphatic rings. The Hall–Kier alpha value is -2.82. The molecule has 0 spiro atoms. The molecule has 0 N–H and O–H groups in total. The second kappa shape index (κ2) is 8.46. The van der Waals surface area contributed by atoms with Crippen molar-refractivity contribution in [2.75, 3.05) is 26.2 Å². The average Bonchev–Trinajstić information content (AvgIpc) is 3.44. The molecule has 2 aliphatic heterocycles. The molecule has 2 amide bonds. The second-order valence-corrected chi connectivity index (χ2v) is 7.50. The molecule has 1 unspecified atom stereocenters. The molecule has 0 aliphatic carbocycles. The lowest BCUT2D eigenvalue weighted by molar-refractivity contribution is 0.0690. The van der Waals surface area contributed by atoms with E-state index in [1.54, 1.807) is 0 Å². The third kappa shape index (κ3) is 4.03. The number of likely N-dealkylation sites (tertiary alicyclic amines) is 2. The molecule has 0 radical (unpaired) electrons. The second-order valence-electron chi connectivity index (χ2n) is 7.50. The molecule has 2 aromatic carbocycles. The van der Waals surface area contributed by atoms with E-state index >= 15 is 0 Å². The maximum absolute atomic E-state index is 12.7. The van der Waals surface area contributed by atoms with Crippen molar-refractivity contribution in [1.82, 2.24) is 9.80 Å². The number of hydrogen-bond donors (Lipinski definition) is 0. The van der Waals surface area contributed by atoms with Gasteiger partial charge in [-0.1, -0.05) is 18.2 Å². The summed E-state index contributed by atoms with van der Waals surface area (Å²) in [4.78, 5) is 29.0. The van der Waals surface area contributed by atoms with Gasteiger partial charge in [0.1, 0.15) is 12.4 Å². The minimum Gasteiger partial charge on any atom is -0.491 e. The molecule has 0 aromatic heterocycles. The third-order valence-electron chi connectivity index (χ3n) is 5.60. The molecule has 1 atom stereocenters. The van der Waals surface area contributed by atoms with Crippen LogP contribution in [0.4, 0.5) is 0 Å². The highest BCUT2D eigenvalue weighted by Gasteiger charge is 2.30. The van der Waals surface area contributed by atoms with Crippen LogP contribution in [0.15, 0.2) is 54.6 Å². The fourth-order valence-corrected chi connectivity index (χ4v) is 4.01. The van der Waals surface area contributed by atoms with Gasteiger partial charge < -0.3 is 14.5 Å². The van der Waals surface area contributed by atoms with E-state index in [0.29, 0.717) is 12.2 Å². The first-order valence-electron chi connectivity index (χ1n) is 10.1. The first-order chi connectivity index (χ1) is 13.7. The number of rotatable bonds is 5. The molecule has 28 heavy (non-hydrogen) atoms. The van der Waals surface area contributed by atoms with Crippen LogP contribution in [0.25, 0.3) is 0 Å². The van der Waals surface area contributed by atoms with Crippen LogP contribution >= 0.6 is 0 Å². The van der Waals surface area contributed by atoms with Gasteiger partial charge in [-0.2, -0.15) is 0 Å². The van der Waals surface area contributed by atoms with Crippen LogP contribution in [-0.2, 0) is 0 Å². The monoisotopic (exact) mass is 378 g/mol. The first-order valence-corrected chi connectivity index (χ1v) is 10.1. The summed E-state index contributed by atoms with van der Waals surface area (Å²) < 4.78 is 5.95.